The van der Waals surface area contributed by atoms with Crippen LogP contribution in [0.2, 0.25) is 0 Å². The molecule has 3 nitrogen and oxygen atoms in total. The molecule has 21 heavy (non-hydrogen) atoms. The van der Waals surface area contributed by atoms with Gasteiger partial charge in [-0.25, -0.2) is 0 Å². The summed E-state index contributed by atoms with van der Waals surface area (Å²) in [7, 11) is 0. The Balaban J connectivity index is 2.16. The zero-order valence-electron chi connectivity index (χ0n) is 11.9. The molecule has 0 bridgehead atoms. The first-order chi connectivity index (χ1) is 10.2. The van der Waals surface area contributed by atoms with E-state index in [1.165, 1.54) is 4.88 Å². The van der Waals surface area contributed by atoms with E-state index in [0.29, 0.717) is 6.54 Å². The van der Waals surface area contributed by atoms with Gasteiger partial charge in [-0.3, -0.25) is 14.7 Å². The van der Waals surface area contributed by atoms with E-state index >= 15 is 0 Å². The van der Waals surface area contributed by atoms with Crippen molar-refractivity contribution >= 4 is 28.0 Å². The molecule has 0 fully saturated rings. The molecular formula is C17H16N2OS. The van der Waals surface area contributed by atoms with Gasteiger partial charge in [-0.1, -0.05) is 36.4 Å². The lowest BCUT2D eigenvalue weighted by Crippen LogP contribution is -2.31. The lowest BCUT2D eigenvalue weighted by atomic mass is 10.0. The van der Waals surface area contributed by atoms with Crippen molar-refractivity contribution in [1.82, 2.24) is 0 Å². The molecule has 106 valence electrons. The zero-order valence-corrected chi connectivity index (χ0v) is 12.7. The number of carbonyl (C=O) groups is 1. The third-order valence-corrected chi connectivity index (χ3v) is 4.44. The van der Waals surface area contributed by atoms with Crippen molar-refractivity contribution in [2.24, 2.45) is 4.99 Å². The second-order valence-electron chi connectivity index (χ2n) is 4.90. The number of carbonyl (C=O) groups excluding carboxylic acids is 1. The zero-order chi connectivity index (χ0) is 14.8. The van der Waals surface area contributed by atoms with Crippen LogP contribution in [0.1, 0.15) is 16.0 Å². The molecule has 3 rings (SSSR count). The summed E-state index contributed by atoms with van der Waals surface area (Å²) < 4.78 is 0. The molecular weight excluding hydrogens is 280 g/mol. The lowest BCUT2D eigenvalue weighted by Gasteiger charge is -2.18. The number of hydrogen-bond acceptors (Lipinski definition) is 3. The first-order valence-corrected chi connectivity index (χ1v) is 7.64. The maximum atomic E-state index is 12.3. The molecule has 1 amide bonds. The highest BCUT2D eigenvalue weighted by Crippen LogP contribution is 2.35. The number of benzene rings is 1. The maximum Gasteiger partial charge on any atom is 0.249 e. The van der Waals surface area contributed by atoms with E-state index in [9.17, 15) is 4.79 Å². The molecule has 0 saturated heterocycles. The van der Waals surface area contributed by atoms with E-state index in [4.69, 9.17) is 0 Å². The Morgan fingerprint density at radius 2 is 2.14 bits per heavy atom. The predicted octanol–water partition coefficient (Wildman–Crippen LogP) is 3.43. The monoisotopic (exact) mass is 296 g/mol. The lowest BCUT2D eigenvalue weighted by molar-refractivity contribution is -0.117. The fourth-order valence-electron chi connectivity index (χ4n) is 2.46. The van der Waals surface area contributed by atoms with E-state index in [1.54, 1.807) is 22.3 Å². The van der Waals surface area contributed by atoms with Crippen LogP contribution in [0.4, 0.5) is 5.00 Å². The van der Waals surface area contributed by atoms with E-state index in [2.05, 4.69) is 24.6 Å². The van der Waals surface area contributed by atoms with Gasteiger partial charge in [0.05, 0.1) is 5.71 Å². The molecule has 0 radical (unpaired) electrons. The first-order valence-electron chi connectivity index (χ1n) is 6.82. The van der Waals surface area contributed by atoms with E-state index in [1.807, 2.05) is 30.3 Å². The molecule has 0 unspecified atom stereocenters. The van der Waals surface area contributed by atoms with Crippen LogP contribution in [-0.2, 0) is 4.79 Å². The van der Waals surface area contributed by atoms with E-state index in [-0.39, 0.29) is 12.5 Å². The summed E-state index contributed by atoms with van der Waals surface area (Å²) in [6.45, 7) is 6.50. The molecule has 0 atom stereocenters. The van der Waals surface area contributed by atoms with Crippen molar-refractivity contribution in [3.8, 4) is 0 Å². The minimum Gasteiger partial charge on any atom is -0.298 e. The Bertz CT molecular complexity index is 716. The standard InChI is InChI=1S/C17H16N2OS/c1-3-9-19-15(20)11-18-16(13-7-5-4-6-8-13)14-10-12(2)21-17(14)19/h3-8,10H,1,9,11H2,2H3. The molecule has 1 aromatic heterocycles. The summed E-state index contributed by atoms with van der Waals surface area (Å²) in [4.78, 5) is 19.8. The van der Waals surface area contributed by atoms with Crippen LogP contribution in [0.25, 0.3) is 0 Å². The summed E-state index contributed by atoms with van der Waals surface area (Å²) in [6, 6.07) is 12.1. The molecule has 1 aromatic carbocycles. The highest BCUT2D eigenvalue weighted by Gasteiger charge is 2.26. The number of amides is 1. The molecule has 4 heteroatoms. The third kappa shape index (κ3) is 2.54. The van der Waals surface area contributed by atoms with Crippen molar-refractivity contribution in [2.75, 3.05) is 18.0 Å². The molecule has 2 heterocycles. The number of fused-ring (bicyclic) bond motifs is 1. The normalized spacial score (nSPS) is 14.4. The third-order valence-electron chi connectivity index (χ3n) is 3.37. The summed E-state index contributed by atoms with van der Waals surface area (Å²) in [6.07, 6.45) is 1.75. The Hall–Kier alpha value is -2.20. The molecule has 0 saturated carbocycles. The molecule has 2 aromatic rings. The minimum absolute atomic E-state index is 0.0175. The van der Waals surface area contributed by atoms with Crippen molar-refractivity contribution in [2.45, 2.75) is 6.92 Å². The minimum atomic E-state index is 0.0175. The van der Waals surface area contributed by atoms with Crippen molar-refractivity contribution in [3.05, 3.63) is 65.1 Å². The van der Waals surface area contributed by atoms with E-state index in [0.717, 1.165) is 21.8 Å². The fourth-order valence-corrected chi connectivity index (χ4v) is 3.49. The number of nitrogens with zero attached hydrogens (tertiary/aromatic N) is 2. The Labute approximate surface area is 128 Å². The molecule has 1 aliphatic heterocycles. The highest BCUT2D eigenvalue weighted by molar-refractivity contribution is 7.16. The fraction of sp³-hybridized carbons (Fsp3) is 0.176. The van der Waals surface area contributed by atoms with Gasteiger partial charge in [-0.2, -0.15) is 0 Å². The summed E-state index contributed by atoms with van der Waals surface area (Å²) >= 11 is 1.63. The number of rotatable bonds is 3. The second-order valence-corrected chi connectivity index (χ2v) is 6.13. The van der Waals surface area contributed by atoms with Crippen molar-refractivity contribution < 1.29 is 4.79 Å². The van der Waals surface area contributed by atoms with Crippen LogP contribution in [0.15, 0.2) is 54.0 Å². The van der Waals surface area contributed by atoms with Gasteiger partial charge in [0.2, 0.25) is 5.91 Å². The SMILES string of the molecule is C=CCN1C(=O)CN=C(c2ccccc2)c2cc(C)sc21. The average molecular weight is 296 g/mol. The van der Waals surface area contributed by atoms with Gasteiger partial charge in [-0.05, 0) is 13.0 Å². The van der Waals surface area contributed by atoms with Crippen LogP contribution >= 0.6 is 11.3 Å². The number of anilines is 1. The first kappa shape index (κ1) is 13.8. The van der Waals surface area contributed by atoms with Crippen LogP contribution in [-0.4, -0.2) is 24.7 Å². The maximum absolute atomic E-state index is 12.3. The van der Waals surface area contributed by atoms with Gasteiger partial charge >= 0.3 is 0 Å². The average Bonchev–Trinajstić information content (AvgIpc) is 2.82. The number of thiophene rings is 1. The Morgan fingerprint density at radius 3 is 2.86 bits per heavy atom. The molecule has 0 aliphatic carbocycles. The Kier molecular flexibility index (Phi) is 3.71. The number of aliphatic imine (C=N–C) groups is 1. The van der Waals surface area contributed by atoms with E-state index < -0.39 is 0 Å². The Morgan fingerprint density at radius 1 is 1.38 bits per heavy atom. The molecule has 1 aliphatic rings. The number of aryl methyl sites for hydroxylation is 1. The summed E-state index contributed by atoms with van der Waals surface area (Å²) in [5, 5.41) is 0.970. The summed E-state index contributed by atoms with van der Waals surface area (Å²) in [5.74, 6) is 0.0175. The van der Waals surface area contributed by atoms with Gasteiger partial charge in [0.1, 0.15) is 11.5 Å². The highest BCUT2D eigenvalue weighted by atomic mass is 32.1. The quantitative estimate of drug-likeness (QED) is 0.799. The van der Waals surface area contributed by atoms with Crippen LogP contribution < -0.4 is 4.90 Å². The smallest absolute Gasteiger partial charge is 0.249 e. The van der Waals surface area contributed by atoms with Crippen LogP contribution in [0, 0.1) is 6.92 Å². The molecule has 0 spiro atoms. The van der Waals surface area contributed by atoms with Gasteiger partial charge in [-0.15, -0.1) is 17.9 Å². The van der Waals surface area contributed by atoms with Gasteiger partial charge in [0, 0.05) is 22.5 Å². The van der Waals surface area contributed by atoms with Gasteiger partial charge in [0.25, 0.3) is 0 Å². The summed E-state index contributed by atoms with van der Waals surface area (Å²) in [5.41, 5.74) is 2.98. The molecule has 0 N–H and O–H groups in total. The predicted molar refractivity (Wildman–Crippen MR) is 88.6 cm³/mol. The van der Waals surface area contributed by atoms with Crippen molar-refractivity contribution in [3.63, 3.8) is 0 Å². The number of hydrogen-bond donors (Lipinski definition) is 0. The van der Waals surface area contributed by atoms with Crippen LogP contribution in [0.5, 0.6) is 0 Å². The van der Waals surface area contributed by atoms with Gasteiger partial charge in [0.15, 0.2) is 0 Å². The van der Waals surface area contributed by atoms with Gasteiger partial charge < -0.3 is 0 Å². The topological polar surface area (TPSA) is 32.7 Å². The second kappa shape index (κ2) is 5.66. The largest absolute Gasteiger partial charge is 0.298 e. The van der Waals surface area contributed by atoms with Crippen LogP contribution in [0.3, 0.4) is 0 Å². The van der Waals surface area contributed by atoms with Crippen molar-refractivity contribution in [1.29, 1.82) is 0 Å².